The largest absolute Gasteiger partial charge is 0.134 e. The molecule has 0 amide bonds. The molecule has 0 saturated carbocycles. The number of hydrogen-bond donors (Lipinski definition) is 0. The maximum atomic E-state index is 4.64. The Morgan fingerprint density at radius 3 is 2.25 bits per heavy atom. The molecule has 0 fully saturated rings. The Morgan fingerprint density at radius 2 is 2.25 bits per heavy atom. The fraction of sp³-hybridized carbons (Fsp3) is 0. The minimum Gasteiger partial charge on any atom is -0.134 e. The van der Waals surface area contributed by atoms with Crippen LogP contribution in [-0.4, -0.2) is 5.87 Å². The van der Waals surface area contributed by atoms with E-state index in [1.165, 1.54) is 0 Å². The fourth-order valence-corrected chi connectivity index (χ4v) is 0. The van der Waals surface area contributed by atoms with Crippen molar-refractivity contribution in [3.63, 3.8) is 0 Å². The van der Waals surface area contributed by atoms with Gasteiger partial charge in [-0.15, -0.1) is 4.51 Å². The molecule has 0 bridgehead atoms. The van der Waals surface area contributed by atoms with Crippen molar-refractivity contribution in [2.45, 2.75) is 0 Å². The molecule has 2 heteroatoms. The third-order valence-corrected chi connectivity index (χ3v) is 0.179. The first-order chi connectivity index (χ1) is 1.91. The molecule has 0 aromatic rings. The molecule has 0 unspecified atom stereocenters. The normalized spacial score (nSPS) is 4.25. The molecule has 0 aliphatic heterocycles. The second kappa shape index (κ2) is 2.74. The summed E-state index contributed by atoms with van der Waals surface area (Å²) < 4.78 is 2.85. The summed E-state index contributed by atoms with van der Waals surface area (Å²) in [6.45, 7) is 3.06. The van der Waals surface area contributed by atoms with Gasteiger partial charge in [0.15, 0.2) is 0 Å². The Balaban J connectivity index is 3.11. The molecule has 0 atom stereocenters. The van der Waals surface area contributed by atoms with E-state index < -0.39 is 0 Å². The third kappa shape index (κ3) is 1.74. The predicted octanol–water partition coefficient (Wildman–Crippen LogP) is 0.996. The highest BCUT2D eigenvalue weighted by molar-refractivity contribution is 6.16. The maximum Gasteiger partial charge on any atom is 0.0465 e. The molecule has 22 valence electrons. The van der Waals surface area contributed by atoms with Crippen LogP contribution >= 0.6 is 11.8 Å². The lowest BCUT2D eigenvalue weighted by atomic mass is 11.2. The summed E-state index contributed by atoms with van der Waals surface area (Å²) in [5, 5.41) is 0. The molecule has 0 N–H and O–H groups in total. The Kier molecular flexibility index (Phi) is 2.56. The predicted molar refractivity (Wildman–Crippen MR) is 18.9 cm³/mol. The molecule has 0 aliphatic rings. The highest BCUT2D eigenvalue weighted by Crippen LogP contribution is 1.60. The van der Waals surface area contributed by atoms with Gasteiger partial charge < -0.3 is 0 Å². The van der Waals surface area contributed by atoms with Crippen LogP contribution in [0.2, 0.25) is 0 Å². The molecule has 0 rings (SSSR count). The Hall–Kier alpha value is -0.260. The zero-order valence-electron chi connectivity index (χ0n) is 2.03. The van der Waals surface area contributed by atoms with E-state index in [1.54, 1.807) is 0 Å². The molecule has 0 aromatic heterocycles. The van der Waals surface area contributed by atoms with E-state index in [-0.39, 0.29) is 0 Å². The topological polar surface area (TPSA) is 12.4 Å². The molecular weight excluding hydrogens is 73.5 g/mol. The standard InChI is InChI=1S/C2H2ClN/c1-2-4-3/h1H2. The van der Waals surface area contributed by atoms with Gasteiger partial charge in [0.1, 0.15) is 0 Å². The lowest BCUT2D eigenvalue weighted by Gasteiger charge is -1.36. The van der Waals surface area contributed by atoms with Gasteiger partial charge >= 0.3 is 0 Å². The van der Waals surface area contributed by atoms with Crippen LogP contribution in [-0.2, 0) is 0 Å². The molecule has 0 heterocycles. The summed E-state index contributed by atoms with van der Waals surface area (Å²) in [5.41, 5.74) is 0. The van der Waals surface area contributed by atoms with Gasteiger partial charge in [-0.05, 0) is 12.4 Å². The number of rotatable bonds is 0. The maximum absolute atomic E-state index is 4.64. The van der Waals surface area contributed by atoms with Crippen molar-refractivity contribution in [2.24, 2.45) is 4.51 Å². The van der Waals surface area contributed by atoms with Crippen LogP contribution in [0.25, 0.3) is 0 Å². The molecule has 4 heavy (non-hydrogen) atoms. The molecular formula is C2H2ClN. The van der Waals surface area contributed by atoms with Gasteiger partial charge in [0.25, 0.3) is 0 Å². The Bertz CT molecular complexity index is 44.0. The number of nitrogens with zero attached hydrogens (tertiary/aromatic N) is 1. The van der Waals surface area contributed by atoms with E-state index >= 15 is 0 Å². The molecule has 0 saturated heterocycles. The van der Waals surface area contributed by atoms with Crippen molar-refractivity contribution >= 4 is 17.6 Å². The first-order valence-electron chi connectivity index (χ1n) is 0.746. The Morgan fingerprint density at radius 1 is 2.00 bits per heavy atom. The first-order valence-corrected chi connectivity index (χ1v) is 1.08. The van der Waals surface area contributed by atoms with Crippen LogP contribution in [0.1, 0.15) is 0 Å². The van der Waals surface area contributed by atoms with Crippen LogP contribution in [0.5, 0.6) is 0 Å². The van der Waals surface area contributed by atoms with Crippen LogP contribution in [0, 0.1) is 0 Å². The lowest BCUT2D eigenvalue weighted by Crippen LogP contribution is -1.21. The van der Waals surface area contributed by atoms with E-state index in [1.807, 2.05) is 0 Å². The Labute approximate surface area is 29.7 Å². The van der Waals surface area contributed by atoms with Crippen molar-refractivity contribution < 1.29 is 0 Å². The zero-order valence-corrected chi connectivity index (χ0v) is 2.79. The summed E-state index contributed by atoms with van der Waals surface area (Å²) in [4.78, 5) is 0. The smallest absolute Gasteiger partial charge is 0.0465 e. The lowest BCUT2D eigenvalue weighted by molar-refractivity contribution is 1.98. The highest BCUT2D eigenvalue weighted by atomic mass is 35.5. The average Bonchev–Trinajstić information content (AvgIpc) is 1.37. The van der Waals surface area contributed by atoms with Gasteiger partial charge in [-0.2, -0.15) is 0 Å². The van der Waals surface area contributed by atoms with Crippen LogP contribution < -0.4 is 0 Å². The molecule has 1 nitrogen and oxygen atoms in total. The van der Waals surface area contributed by atoms with E-state index in [2.05, 4.69) is 28.7 Å². The van der Waals surface area contributed by atoms with Gasteiger partial charge in [-0.25, -0.2) is 0 Å². The van der Waals surface area contributed by atoms with Crippen molar-refractivity contribution in [3.8, 4) is 0 Å². The first kappa shape index (κ1) is 3.74. The number of halogens is 1. The minimum absolute atomic E-state index is 2.07. The summed E-state index contributed by atoms with van der Waals surface area (Å²) in [6, 6.07) is 0. The second-order valence-corrected chi connectivity index (χ2v) is 0.412. The summed E-state index contributed by atoms with van der Waals surface area (Å²) in [6.07, 6.45) is 0. The van der Waals surface area contributed by atoms with Gasteiger partial charge in [-0.3, -0.25) is 0 Å². The molecule has 0 spiro atoms. The van der Waals surface area contributed by atoms with Gasteiger partial charge in [0, 0.05) is 11.8 Å². The molecule has 0 aromatic carbocycles. The van der Waals surface area contributed by atoms with E-state index in [0.29, 0.717) is 0 Å². The summed E-state index contributed by atoms with van der Waals surface area (Å²) in [5.74, 6) is 2.07. The second-order valence-electron chi connectivity index (χ2n) is 0.243. The van der Waals surface area contributed by atoms with E-state index in [4.69, 9.17) is 0 Å². The highest BCUT2D eigenvalue weighted by Gasteiger charge is 1.26. The van der Waals surface area contributed by atoms with Crippen LogP contribution in [0.15, 0.2) is 11.1 Å². The average molecular weight is 75.5 g/mol. The minimum atomic E-state index is 2.07. The van der Waals surface area contributed by atoms with Crippen molar-refractivity contribution in [3.05, 3.63) is 6.58 Å². The summed E-state index contributed by atoms with van der Waals surface area (Å²) >= 11 is 4.64. The zero-order chi connectivity index (χ0) is 3.41. The SMILES string of the molecule is C=C=NCl. The fourth-order valence-electron chi connectivity index (χ4n) is 0. The van der Waals surface area contributed by atoms with Crippen molar-refractivity contribution in [2.75, 3.05) is 0 Å². The molecule has 0 aliphatic carbocycles. The monoisotopic (exact) mass is 75.0 g/mol. The van der Waals surface area contributed by atoms with Gasteiger partial charge in [-0.1, -0.05) is 0 Å². The number of hydrogen-bond acceptors (Lipinski definition) is 1. The van der Waals surface area contributed by atoms with Crippen molar-refractivity contribution in [1.82, 2.24) is 0 Å². The van der Waals surface area contributed by atoms with Gasteiger partial charge in [0.2, 0.25) is 0 Å². The summed E-state index contributed by atoms with van der Waals surface area (Å²) in [7, 11) is 0. The third-order valence-electron chi connectivity index (χ3n) is 0.0598. The van der Waals surface area contributed by atoms with Crippen LogP contribution in [0.4, 0.5) is 0 Å². The van der Waals surface area contributed by atoms with Crippen LogP contribution in [0.3, 0.4) is 0 Å². The van der Waals surface area contributed by atoms with Gasteiger partial charge in [0.05, 0.1) is 0 Å². The van der Waals surface area contributed by atoms with Crippen molar-refractivity contribution in [1.29, 1.82) is 0 Å². The molecule has 0 radical (unpaired) electrons. The van der Waals surface area contributed by atoms with E-state index in [9.17, 15) is 0 Å². The van der Waals surface area contributed by atoms with E-state index in [0.717, 1.165) is 0 Å². The quantitative estimate of drug-likeness (QED) is 0.381.